The summed E-state index contributed by atoms with van der Waals surface area (Å²) in [5, 5.41) is 4.15. The van der Waals surface area contributed by atoms with Gasteiger partial charge in [-0.15, -0.1) is 0 Å². The SMILES string of the molecule is Cc1cc(C)c(C2=NNC(=O)CC2)c(C)c1. The summed E-state index contributed by atoms with van der Waals surface area (Å²) in [4.78, 5) is 11.0. The molecule has 2 rings (SSSR count). The summed E-state index contributed by atoms with van der Waals surface area (Å²) in [6.07, 6.45) is 1.27. The van der Waals surface area contributed by atoms with Crippen LogP contribution >= 0.6 is 0 Å². The van der Waals surface area contributed by atoms with Crippen molar-refractivity contribution >= 4 is 11.6 Å². The Hall–Kier alpha value is -1.64. The summed E-state index contributed by atoms with van der Waals surface area (Å²) < 4.78 is 0. The molecule has 1 aromatic carbocycles. The number of carbonyl (C=O) groups excluding carboxylic acids is 1. The molecule has 16 heavy (non-hydrogen) atoms. The van der Waals surface area contributed by atoms with Gasteiger partial charge in [0.1, 0.15) is 0 Å². The maximum Gasteiger partial charge on any atom is 0.240 e. The van der Waals surface area contributed by atoms with E-state index in [2.05, 4.69) is 43.4 Å². The first-order chi connectivity index (χ1) is 7.58. The molecular weight excluding hydrogens is 200 g/mol. The fraction of sp³-hybridized carbons (Fsp3) is 0.385. The number of aryl methyl sites for hydroxylation is 3. The van der Waals surface area contributed by atoms with Gasteiger partial charge >= 0.3 is 0 Å². The van der Waals surface area contributed by atoms with E-state index in [4.69, 9.17) is 0 Å². The van der Waals surface area contributed by atoms with Crippen LogP contribution in [0.5, 0.6) is 0 Å². The third kappa shape index (κ3) is 1.98. The molecule has 0 radical (unpaired) electrons. The van der Waals surface area contributed by atoms with Crippen LogP contribution in [0, 0.1) is 20.8 Å². The van der Waals surface area contributed by atoms with Crippen molar-refractivity contribution in [3.63, 3.8) is 0 Å². The van der Waals surface area contributed by atoms with Crippen LogP contribution in [0.15, 0.2) is 17.2 Å². The van der Waals surface area contributed by atoms with Crippen LogP contribution in [-0.2, 0) is 4.79 Å². The van der Waals surface area contributed by atoms with Gasteiger partial charge in [0.25, 0.3) is 0 Å². The van der Waals surface area contributed by atoms with Gasteiger partial charge in [-0.2, -0.15) is 5.10 Å². The van der Waals surface area contributed by atoms with E-state index < -0.39 is 0 Å². The highest BCUT2D eigenvalue weighted by molar-refractivity contribution is 6.06. The molecular formula is C13H16N2O. The van der Waals surface area contributed by atoms with Crippen LogP contribution in [0.3, 0.4) is 0 Å². The van der Waals surface area contributed by atoms with E-state index in [-0.39, 0.29) is 5.91 Å². The fourth-order valence-corrected chi connectivity index (χ4v) is 2.29. The van der Waals surface area contributed by atoms with Gasteiger partial charge in [0, 0.05) is 18.4 Å². The molecule has 0 atom stereocenters. The second-order valence-corrected chi connectivity index (χ2v) is 4.37. The average Bonchev–Trinajstić information content (AvgIpc) is 2.19. The number of amides is 1. The first kappa shape index (κ1) is 10.9. The van der Waals surface area contributed by atoms with Crippen LogP contribution in [0.1, 0.15) is 35.1 Å². The highest BCUT2D eigenvalue weighted by atomic mass is 16.2. The molecule has 1 aliphatic rings. The summed E-state index contributed by atoms with van der Waals surface area (Å²) in [5.41, 5.74) is 8.45. The normalized spacial score (nSPS) is 15.7. The molecule has 0 spiro atoms. The average molecular weight is 216 g/mol. The Bertz CT molecular complexity index is 452. The Morgan fingerprint density at radius 3 is 2.25 bits per heavy atom. The maximum atomic E-state index is 11.0. The first-order valence-corrected chi connectivity index (χ1v) is 5.51. The Morgan fingerprint density at radius 2 is 1.75 bits per heavy atom. The zero-order chi connectivity index (χ0) is 11.7. The van der Waals surface area contributed by atoms with Crippen LogP contribution in [0.2, 0.25) is 0 Å². The second-order valence-electron chi connectivity index (χ2n) is 4.37. The summed E-state index contributed by atoms with van der Waals surface area (Å²) >= 11 is 0. The number of benzene rings is 1. The minimum atomic E-state index is 0.00571. The molecule has 0 bridgehead atoms. The number of nitrogens with zero attached hydrogens (tertiary/aromatic N) is 1. The van der Waals surface area contributed by atoms with Gasteiger partial charge in [-0.25, -0.2) is 5.43 Å². The molecule has 3 heteroatoms. The largest absolute Gasteiger partial charge is 0.273 e. The summed E-state index contributed by atoms with van der Waals surface area (Å²) in [5.74, 6) is 0.00571. The van der Waals surface area contributed by atoms with E-state index in [1.807, 2.05) is 0 Å². The highest BCUT2D eigenvalue weighted by Gasteiger charge is 2.16. The lowest BCUT2D eigenvalue weighted by molar-refractivity contribution is -0.121. The molecule has 0 fully saturated rings. The van der Waals surface area contributed by atoms with Gasteiger partial charge in [-0.1, -0.05) is 17.7 Å². The lowest BCUT2D eigenvalue weighted by Crippen LogP contribution is -2.26. The van der Waals surface area contributed by atoms with Crippen molar-refractivity contribution < 1.29 is 4.79 Å². The van der Waals surface area contributed by atoms with Gasteiger partial charge in [-0.3, -0.25) is 4.79 Å². The van der Waals surface area contributed by atoms with Crippen LogP contribution in [0.4, 0.5) is 0 Å². The Labute approximate surface area is 95.6 Å². The molecule has 1 aromatic rings. The molecule has 3 nitrogen and oxygen atoms in total. The Morgan fingerprint density at radius 1 is 1.12 bits per heavy atom. The summed E-state index contributed by atoms with van der Waals surface area (Å²) in [6, 6.07) is 4.31. The molecule has 0 saturated heterocycles. The third-order valence-corrected chi connectivity index (χ3v) is 2.87. The smallest absolute Gasteiger partial charge is 0.240 e. The van der Waals surface area contributed by atoms with Crippen molar-refractivity contribution in [3.05, 3.63) is 34.4 Å². The predicted octanol–water partition coefficient (Wildman–Crippen LogP) is 2.23. The molecule has 1 amide bonds. The van der Waals surface area contributed by atoms with Crippen LogP contribution in [0.25, 0.3) is 0 Å². The molecule has 84 valence electrons. The van der Waals surface area contributed by atoms with Gasteiger partial charge in [0.2, 0.25) is 5.91 Å². The maximum absolute atomic E-state index is 11.0. The van der Waals surface area contributed by atoms with Crippen LogP contribution < -0.4 is 5.43 Å². The quantitative estimate of drug-likeness (QED) is 0.768. The monoisotopic (exact) mass is 216 g/mol. The summed E-state index contributed by atoms with van der Waals surface area (Å²) in [7, 11) is 0. The second kappa shape index (κ2) is 4.08. The van der Waals surface area contributed by atoms with Gasteiger partial charge in [0.05, 0.1) is 5.71 Å². The highest BCUT2D eigenvalue weighted by Crippen LogP contribution is 2.20. The molecule has 1 heterocycles. The lowest BCUT2D eigenvalue weighted by atomic mass is 9.93. The molecule has 0 aromatic heterocycles. The van der Waals surface area contributed by atoms with Crippen molar-refractivity contribution in [2.75, 3.05) is 0 Å². The zero-order valence-corrected chi connectivity index (χ0v) is 9.92. The van der Waals surface area contributed by atoms with Crippen molar-refractivity contribution in [2.24, 2.45) is 5.10 Å². The lowest BCUT2D eigenvalue weighted by Gasteiger charge is -2.16. The Balaban J connectivity index is 2.45. The summed E-state index contributed by atoms with van der Waals surface area (Å²) in [6.45, 7) is 6.27. The van der Waals surface area contributed by atoms with E-state index in [1.54, 1.807) is 0 Å². The molecule has 0 aliphatic carbocycles. The number of hydrogen-bond donors (Lipinski definition) is 1. The van der Waals surface area contributed by atoms with E-state index >= 15 is 0 Å². The molecule has 1 N–H and O–H groups in total. The number of rotatable bonds is 1. The molecule has 1 aliphatic heterocycles. The molecule has 0 saturated carbocycles. The topological polar surface area (TPSA) is 41.5 Å². The zero-order valence-electron chi connectivity index (χ0n) is 9.92. The minimum absolute atomic E-state index is 0.00571. The third-order valence-electron chi connectivity index (χ3n) is 2.87. The van der Waals surface area contributed by atoms with Crippen molar-refractivity contribution in [2.45, 2.75) is 33.6 Å². The van der Waals surface area contributed by atoms with Gasteiger partial charge in [-0.05, 0) is 31.9 Å². The van der Waals surface area contributed by atoms with Crippen molar-refractivity contribution in [1.29, 1.82) is 0 Å². The van der Waals surface area contributed by atoms with Gasteiger partial charge < -0.3 is 0 Å². The number of hydrazone groups is 1. The Kier molecular flexibility index (Phi) is 2.77. The van der Waals surface area contributed by atoms with Crippen molar-refractivity contribution in [3.8, 4) is 0 Å². The first-order valence-electron chi connectivity index (χ1n) is 5.51. The number of carbonyl (C=O) groups is 1. The van der Waals surface area contributed by atoms with Crippen LogP contribution in [-0.4, -0.2) is 11.6 Å². The number of hydrogen-bond acceptors (Lipinski definition) is 2. The predicted molar refractivity (Wildman–Crippen MR) is 64.6 cm³/mol. The minimum Gasteiger partial charge on any atom is -0.273 e. The van der Waals surface area contributed by atoms with E-state index in [0.717, 1.165) is 12.1 Å². The number of nitrogens with one attached hydrogen (secondary N) is 1. The fourth-order valence-electron chi connectivity index (χ4n) is 2.29. The van der Waals surface area contributed by atoms with E-state index in [9.17, 15) is 4.79 Å². The van der Waals surface area contributed by atoms with Crippen molar-refractivity contribution in [1.82, 2.24) is 5.43 Å². The van der Waals surface area contributed by atoms with Gasteiger partial charge in [0.15, 0.2) is 0 Å². The molecule has 0 unspecified atom stereocenters. The van der Waals surface area contributed by atoms with E-state index in [0.29, 0.717) is 6.42 Å². The standard InChI is InChI=1S/C13H16N2O/c1-8-6-9(2)13(10(3)7-8)11-4-5-12(16)15-14-11/h6-7H,4-5H2,1-3H3,(H,15,16). The van der Waals surface area contributed by atoms with E-state index in [1.165, 1.54) is 22.3 Å².